The third-order valence-electron chi connectivity index (χ3n) is 8.24. The summed E-state index contributed by atoms with van der Waals surface area (Å²) in [5.74, 6) is 1.69. The van der Waals surface area contributed by atoms with E-state index in [9.17, 15) is 14.3 Å². The lowest BCUT2D eigenvalue weighted by molar-refractivity contribution is -0.129. The number of carbonyl (C=O) groups excluding carboxylic acids is 1. The van der Waals surface area contributed by atoms with E-state index in [-0.39, 0.29) is 17.4 Å². The number of allylic oxidation sites excluding steroid dienone is 5. The fourth-order valence-corrected chi connectivity index (χ4v) is 7.16. The van der Waals surface area contributed by atoms with Crippen molar-refractivity contribution < 1.29 is 14.3 Å². The number of hydrogen-bond donors (Lipinski definition) is 2. The van der Waals surface area contributed by atoms with E-state index >= 15 is 0 Å². The van der Waals surface area contributed by atoms with Crippen LogP contribution in [0.15, 0.2) is 35.2 Å². The molecular formula is C24H35NO3P+. The summed E-state index contributed by atoms with van der Waals surface area (Å²) in [4.78, 5) is 22.7. The van der Waals surface area contributed by atoms with Crippen LogP contribution in [0.4, 0.5) is 0 Å². The Bertz CT molecular complexity index is 836. The van der Waals surface area contributed by atoms with Crippen molar-refractivity contribution in [1.29, 1.82) is 0 Å². The molecule has 0 heterocycles. The molecule has 0 aromatic carbocycles. The normalized spacial score (nSPS) is 41.5. The predicted molar refractivity (Wildman–Crippen MR) is 116 cm³/mol. The molecule has 0 bridgehead atoms. The summed E-state index contributed by atoms with van der Waals surface area (Å²) in [5, 5.41) is 3.56. The van der Waals surface area contributed by atoms with Gasteiger partial charge in [0.1, 0.15) is 6.04 Å². The van der Waals surface area contributed by atoms with Crippen LogP contribution in [0.1, 0.15) is 66.7 Å². The molecule has 0 radical (unpaired) electrons. The monoisotopic (exact) mass is 416 g/mol. The third-order valence-corrected chi connectivity index (χ3v) is 9.12. The van der Waals surface area contributed by atoms with Crippen molar-refractivity contribution in [3.05, 3.63) is 35.2 Å². The molecule has 1 amide bonds. The molecule has 2 N–H and O–H groups in total. The highest BCUT2D eigenvalue weighted by molar-refractivity contribution is 7.43. The maximum Gasteiger partial charge on any atom is 0.543 e. The summed E-state index contributed by atoms with van der Waals surface area (Å²) in [6, 6.07) is -0.387. The van der Waals surface area contributed by atoms with Gasteiger partial charge in [-0.15, -0.1) is 0 Å². The van der Waals surface area contributed by atoms with Crippen molar-refractivity contribution in [3.8, 4) is 0 Å². The van der Waals surface area contributed by atoms with Crippen LogP contribution >= 0.6 is 8.03 Å². The second-order valence-corrected chi connectivity index (χ2v) is 12.3. The molecule has 4 rings (SSSR count). The molecule has 29 heavy (non-hydrogen) atoms. The van der Waals surface area contributed by atoms with Gasteiger partial charge in [-0.3, -0.25) is 4.79 Å². The summed E-state index contributed by atoms with van der Waals surface area (Å²) in [6.07, 6.45) is 14.8. The van der Waals surface area contributed by atoms with E-state index in [1.807, 2.05) is 26.8 Å². The highest BCUT2D eigenvalue weighted by Crippen LogP contribution is 2.62. The van der Waals surface area contributed by atoms with Crippen LogP contribution in [0, 0.1) is 34.0 Å². The highest BCUT2D eigenvalue weighted by Gasteiger charge is 2.56. The quantitative estimate of drug-likeness (QED) is 0.462. The average molecular weight is 417 g/mol. The fraction of sp³-hybridized carbons (Fsp3) is 0.708. The molecule has 4 aliphatic carbocycles. The first-order chi connectivity index (χ1) is 13.5. The molecular weight excluding hydrogens is 381 g/mol. The molecule has 1 saturated carbocycles. The molecule has 0 aliphatic heterocycles. The Kier molecular flexibility index (Phi) is 4.99. The molecule has 0 saturated heterocycles. The molecule has 7 atom stereocenters. The van der Waals surface area contributed by atoms with E-state index in [4.69, 9.17) is 0 Å². The van der Waals surface area contributed by atoms with E-state index in [1.165, 1.54) is 24.8 Å². The Morgan fingerprint density at radius 3 is 2.69 bits per heavy atom. The summed E-state index contributed by atoms with van der Waals surface area (Å²) in [6.45, 7) is 10.3. The zero-order chi connectivity index (χ0) is 21.2. The van der Waals surface area contributed by atoms with Gasteiger partial charge in [0.05, 0.1) is 0 Å². The lowest BCUT2D eigenvalue weighted by atomic mass is 9.51. The van der Waals surface area contributed by atoms with Gasteiger partial charge in [0, 0.05) is 10.8 Å². The lowest BCUT2D eigenvalue weighted by Crippen LogP contribution is -2.51. The molecule has 1 fully saturated rings. The summed E-state index contributed by atoms with van der Waals surface area (Å²) >= 11 is 0. The van der Waals surface area contributed by atoms with E-state index in [2.05, 4.69) is 37.4 Å². The molecule has 4 aliphatic rings. The lowest BCUT2D eigenvalue weighted by Gasteiger charge is -2.53. The fourth-order valence-electron chi connectivity index (χ4n) is 6.48. The maximum absolute atomic E-state index is 12.7. The number of fused-ring (bicyclic) bond motifs is 5. The molecule has 0 spiro atoms. The van der Waals surface area contributed by atoms with E-state index in [0.717, 1.165) is 12.3 Å². The second kappa shape index (κ2) is 6.89. The summed E-state index contributed by atoms with van der Waals surface area (Å²) in [5.41, 5.74) is 0.855. The van der Waals surface area contributed by atoms with Crippen molar-refractivity contribution in [2.45, 2.75) is 72.8 Å². The van der Waals surface area contributed by atoms with Crippen LogP contribution in [0.3, 0.4) is 0 Å². The minimum absolute atomic E-state index is 0.0730. The maximum atomic E-state index is 12.7. The van der Waals surface area contributed by atoms with Crippen LogP contribution in [0.5, 0.6) is 0 Å². The molecule has 4 nitrogen and oxygen atoms in total. The first-order valence-electron chi connectivity index (χ1n) is 11.0. The second-order valence-electron chi connectivity index (χ2n) is 11.2. The van der Waals surface area contributed by atoms with Crippen LogP contribution in [-0.2, 0) is 9.36 Å². The minimum atomic E-state index is -2.48. The number of nitrogens with one attached hydrogen (secondary N) is 1. The Hall–Kier alpha value is -1.25. The zero-order valence-corrected chi connectivity index (χ0v) is 19.3. The van der Waals surface area contributed by atoms with Gasteiger partial charge < -0.3 is 5.32 Å². The number of amides is 1. The van der Waals surface area contributed by atoms with Gasteiger partial charge in [-0.05, 0) is 65.1 Å². The standard InChI is InChI=1S/C24H34NO3P/c1-22(2,3)21(26)25-19-14-24(5)15(13-20(19)29(27)28)8-9-16-17-7-6-11-23(17,4)12-10-18(16)24/h8,10,12-13,16-19H,6-7,9,11,14H2,1-5H3,(H-,25,26,27,28)/p+1/t16?,17?,18?,19?,23-,24-/m0/s1. The molecule has 0 aromatic heterocycles. The van der Waals surface area contributed by atoms with E-state index < -0.39 is 13.4 Å². The molecule has 5 heteroatoms. The molecule has 0 aromatic rings. The van der Waals surface area contributed by atoms with Gasteiger partial charge in [-0.25, -0.2) is 0 Å². The summed E-state index contributed by atoms with van der Waals surface area (Å²) in [7, 11) is -2.48. The molecule has 5 unspecified atom stereocenters. The van der Waals surface area contributed by atoms with Crippen LogP contribution in [0.25, 0.3) is 0 Å². The van der Waals surface area contributed by atoms with Gasteiger partial charge in [0.2, 0.25) is 11.2 Å². The minimum Gasteiger partial charge on any atom is -0.345 e. The Balaban J connectivity index is 1.71. The van der Waals surface area contributed by atoms with Crippen molar-refractivity contribution >= 4 is 13.9 Å². The van der Waals surface area contributed by atoms with Crippen LogP contribution in [0.2, 0.25) is 0 Å². The number of rotatable bonds is 2. The molecule has 158 valence electrons. The number of carbonyl (C=O) groups is 1. The van der Waals surface area contributed by atoms with Gasteiger partial charge in [-0.2, -0.15) is 4.89 Å². The van der Waals surface area contributed by atoms with E-state index in [1.54, 1.807) is 0 Å². The Labute approximate surface area is 175 Å². The third kappa shape index (κ3) is 3.37. The van der Waals surface area contributed by atoms with Crippen LogP contribution in [-0.4, -0.2) is 16.8 Å². The van der Waals surface area contributed by atoms with Crippen molar-refractivity contribution in [2.24, 2.45) is 34.0 Å². The number of hydrogen-bond acceptors (Lipinski definition) is 2. The highest BCUT2D eigenvalue weighted by atomic mass is 31.1. The van der Waals surface area contributed by atoms with Crippen molar-refractivity contribution in [1.82, 2.24) is 5.32 Å². The van der Waals surface area contributed by atoms with Gasteiger partial charge in [0.15, 0.2) is 0 Å². The van der Waals surface area contributed by atoms with Gasteiger partial charge in [-0.1, -0.05) is 59.3 Å². The smallest absolute Gasteiger partial charge is 0.345 e. The zero-order valence-electron chi connectivity index (χ0n) is 18.4. The topological polar surface area (TPSA) is 66.4 Å². The predicted octanol–water partition coefficient (Wildman–Crippen LogP) is 5.48. The largest absolute Gasteiger partial charge is 0.543 e. The average Bonchev–Trinajstić information content (AvgIpc) is 3.01. The first-order valence-corrected chi connectivity index (χ1v) is 12.3. The van der Waals surface area contributed by atoms with Crippen LogP contribution < -0.4 is 5.32 Å². The SMILES string of the molecule is CC(C)(C)C(=O)NC1C[C@@]2(C)C(=CCC3C2C=C[C@]2(C)CCCC32)C=C1[P+](=O)O. The summed E-state index contributed by atoms with van der Waals surface area (Å²) < 4.78 is 12.1. The van der Waals surface area contributed by atoms with Gasteiger partial charge in [0.25, 0.3) is 0 Å². The van der Waals surface area contributed by atoms with Gasteiger partial charge >= 0.3 is 8.03 Å². The Morgan fingerprint density at radius 1 is 1.31 bits per heavy atom. The first kappa shape index (κ1) is 21.0. The van der Waals surface area contributed by atoms with E-state index in [0.29, 0.717) is 29.0 Å². The van der Waals surface area contributed by atoms with Crippen molar-refractivity contribution in [2.75, 3.05) is 0 Å². The Morgan fingerprint density at radius 2 is 2.03 bits per heavy atom. The van der Waals surface area contributed by atoms with Crippen molar-refractivity contribution in [3.63, 3.8) is 0 Å².